The van der Waals surface area contributed by atoms with E-state index < -0.39 is 0 Å². The molecule has 0 radical (unpaired) electrons. The second-order valence-corrected chi connectivity index (χ2v) is 6.27. The summed E-state index contributed by atoms with van der Waals surface area (Å²) in [6, 6.07) is 0.294. The lowest BCUT2D eigenvalue weighted by molar-refractivity contribution is -0.385. The van der Waals surface area contributed by atoms with E-state index in [2.05, 4.69) is 15.3 Å². The molecule has 1 unspecified atom stereocenters. The quantitative estimate of drug-likeness (QED) is 0.638. The smallest absolute Gasteiger partial charge is 0.332 e. The Hall–Kier alpha value is -1.57. The largest absolute Gasteiger partial charge is 0.354 e. The lowest BCUT2D eigenvalue weighted by Gasteiger charge is -2.25. The minimum Gasteiger partial charge on any atom is -0.354 e. The van der Waals surface area contributed by atoms with Gasteiger partial charge in [0.15, 0.2) is 0 Å². The van der Waals surface area contributed by atoms with Crippen molar-refractivity contribution < 1.29 is 4.92 Å². The Labute approximate surface area is 128 Å². The first-order valence-corrected chi connectivity index (χ1v) is 8.27. The molecule has 1 saturated heterocycles. The van der Waals surface area contributed by atoms with Gasteiger partial charge in [-0.1, -0.05) is 6.92 Å². The molecule has 2 rings (SSSR count). The van der Waals surface area contributed by atoms with Crippen molar-refractivity contribution in [3.8, 4) is 0 Å². The van der Waals surface area contributed by atoms with Crippen molar-refractivity contribution in [3.05, 3.63) is 15.8 Å². The minimum absolute atomic E-state index is 0.0106. The van der Waals surface area contributed by atoms with Crippen LogP contribution in [0.2, 0.25) is 0 Å². The molecule has 1 N–H and O–H groups in total. The number of rotatable bonds is 6. The summed E-state index contributed by atoms with van der Waals surface area (Å²) in [5.74, 6) is 2.95. The summed E-state index contributed by atoms with van der Waals surface area (Å²) in [7, 11) is 1.88. The van der Waals surface area contributed by atoms with Crippen molar-refractivity contribution in [1.82, 2.24) is 9.97 Å². The zero-order chi connectivity index (χ0) is 15.4. The van der Waals surface area contributed by atoms with Gasteiger partial charge in [-0.05, 0) is 25.5 Å². The third-order valence-electron chi connectivity index (χ3n) is 3.54. The van der Waals surface area contributed by atoms with Crippen LogP contribution < -0.4 is 10.2 Å². The van der Waals surface area contributed by atoms with E-state index in [0.29, 0.717) is 23.5 Å². The summed E-state index contributed by atoms with van der Waals surface area (Å²) in [4.78, 5) is 21.5. The van der Waals surface area contributed by atoms with Crippen LogP contribution >= 0.6 is 11.8 Å². The van der Waals surface area contributed by atoms with E-state index in [1.54, 1.807) is 6.92 Å². The third kappa shape index (κ3) is 3.55. The van der Waals surface area contributed by atoms with Crippen molar-refractivity contribution in [2.75, 3.05) is 35.3 Å². The number of hydrogen-bond donors (Lipinski definition) is 1. The molecule has 1 fully saturated rings. The maximum absolute atomic E-state index is 11.4. The first-order chi connectivity index (χ1) is 10.0. The second-order valence-electron chi connectivity index (χ2n) is 5.12. The second kappa shape index (κ2) is 6.93. The number of anilines is 2. The Kier molecular flexibility index (Phi) is 5.22. The fraction of sp³-hybridized carbons (Fsp3) is 0.692. The molecule has 1 atom stereocenters. The van der Waals surface area contributed by atoms with E-state index >= 15 is 0 Å². The molecule has 0 aromatic carbocycles. The van der Waals surface area contributed by atoms with Crippen LogP contribution in [0.3, 0.4) is 0 Å². The first-order valence-electron chi connectivity index (χ1n) is 7.12. The number of nitrogens with zero attached hydrogens (tertiary/aromatic N) is 4. The fourth-order valence-corrected chi connectivity index (χ4v) is 3.60. The van der Waals surface area contributed by atoms with E-state index in [1.807, 2.05) is 30.6 Å². The number of nitrogens with one attached hydrogen (secondary N) is 1. The lowest BCUT2D eigenvalue weighted by Crippen LogP contribution is -2.33. The molecule has 0 aliphatic carbocycles. The van der Waals surface area contributed by atoms with Crippen molar-refractivity contribution in [1.29, 1.82) is 0 Å². The Morgan fingerprint density at radius 2 is 2.29 bits per heavy atom. The molecule has 1 aromatic heterocycles. The summed E-state index contributed by atoms with van der Waals surface area (Å²) in [6.45, 7) is 4.46. The molecule has 0 bridgehead atoms. The highest BCUT2D eigenvalue weighted by atomic mass is 32.2. The summed E-state index contributed by atoms with van der Waals surface area (Å²) in [5.41, 5.74) is 0.414. The molecule has 21 heavy (non-hydrogen) atoms. The number of nitro groups is 1. The van der Waals surface area contributed by atoms with Crippen LogP contribution in [0.25, 0.3) is 0 Å². The summed E-state index contributed by atoms with van der Waals surface area (Å²) in [6.07, 6.45) is 1.98. The van der Waals surface area contributed by atoms with Gasteiger partial charge in [0.1, 0.15) is 5.69 Å². The number of thioether (sulfide) groups is 1. The summed E-state index contributed by atoms with van der Waals surface area (Å²) < 4.78 is 0. The van der Waals surface area contributed by atoms with E-state index in [9.17, 15) is 10.1 Å². The molecule has 0 amide bonds. The van der Waals surface area contributed by atoms with Crippen molar-refractivity contribution in [2.45, 2.75) is 32.7 Å². The normalized spacial score (nSPS) is 17.8. The molecule has 0 saturated carbocycles. The predicted octanol–water partition coefficient (Wildman–Crippen LogP) is 2.46. The van der Waals surface area contributed by atoms with Crippen LogP contribution in [0.4, 0.5) is 17.5 Å². The van der Waals surface area contributed by atoms with Gasteiger partial charge in [-0.3, -0.25) is 10.1 Å². The molecule has 2 heterocycles. The van der Waals surface area contributed by atoms with Crippen molar-refractivity contribution in [2.24, 2.45) is 0 Å². The van der Waals surface area contributed by atoms with E-state index in [0.717, 1.165) is 30.9 Å². The van der Waals surface area contributed by atoms with Crippen LogP contribution in [0.1, 0.15) is 25.5 Å². The molecule has 7 nitrogen and oxygen atoms in total. The van der Waals surface area contributed by atoms with Gasteiger partial charge >= 0.3 is 5.69 Å². The maximum atomic E-state index is 11.4. The molecule has 1 aromatic rings. The zero-order valence-electron chi connectivity index (χ0n) is 12.6. The van der Waals surface area contributed by atoms with Crippen LogP contribution in [-0.2, 0) is 0 Å². The number of aromatic nitrogens is 2. The van der Waals surface area contributed by atoms with Gasteiger partial charge in [0, 0.05) is 25.4 Å². The number of hydrogen-bond acceptors (Lipinski definition) is 7. The summed E-state index contributed by atoms with van der Waals surface area (Å²) in [5, 5.41) is 14.5. The molecule has 8 heteroatoms. The van der Waals surface area contributed by atoms with E-state index in [4.69, 9.17) is 0 Å². The third-order valence-corrected chi connectivity index (χ3v) is 4.69. The highest BCUT2D eigenvalue weighted by Crippen LogP contribution is 2.33. The Bertz CT molecular complexity index is 520. The SMILES string of the molecule is CCCNc1nc(C)c([N+](=O)[O-])c(N(C)C2CCSC2)n1. The van der Waals surface area contributed by atoms with Crippen molar-refractivity contribution >= 4 is 29.2 Å². The molecular weight excluding hydrogens is 290 g/mol. The highest BCUT2D eigenvalue weighted by Gasteiger charge is 2.30. The molecule has 0 spiro atoms. The van der Waals surface area contributed by atoms with Crippen LogP contribution in [0, 0.1) is 17.0 Å². The average Bonchev–Trinajstić information content (AvgIpc) is 2.97. The lowest BCUT2D eigenvalue weighted by atomic mass is 10.2. The van der Waals surface area contributed by atoms with Gasteiger partial charge in [0.2, 0.25) is 11.8 Å². The molecule has 116 valence electrons. The predicted molar refractivity (Wildman–Crippen MR) is 86.3 cm³/mol. The molecule has 1 aliphatic rings. The van der Waals surface area contributed by atoms with Gasteiger partial charge in [0.25, 0.3) is 0 Å². The standard InChI is InChI=1S/C13H21N5O2S/c1-4-6-14-13-15-9(2)11(18(19)20)12(16-13)17(3)10-5-7-21-8-10/h10H,4-8H2,1-3H3,(H,14,15,16). The Morgan fingerprint density at radius 3 is 2.86 bits per heavy atom. The van der Waals surface area contributed by atoms with Crippen molar-refractivity contribution in [3.63, 3.8) is 0 Å². The van der Waals surface area contributed by atoms with Gasteiger partial charge in [-0.25, -0.2) is 4.98 Å². The van der Waals surface area contributed by atoms with E-state index in [-0.39, 0.29) is 10.6 Å². The Morgan fingerprint density at radius 1 is 1.52 bits per heavy atom. The fourth-order valence-electron chi connectivity index (χ4n) is 2.33. The van der Waals surface area contributed by atoms with Crippen LogP contribution in [-0.4, -0.2) is 46.0 Å². The molecule has 1 aliphatic heterocycles. The summed E-state index contributed by atoms with van der Waals surface area (Å²) >= 11 is 1.87. The monoisotopic (exact) mass is 311 g/mol. The topological polar surface area (TPSA) is 84.2 Å². The Balaban J connectivity index is 2.38. The highest BCUT2D eigenvalue weighted by molar-refractivity contribution is 7.99. The number of aryl methyl sites for hydroxylation is 1. The van der Waals surface area contributed by atoms with Gasteiger partial charge in [0.05, 0.1) is 4.92 Å². The minimum atomic E-state index is -0.382. The van der Waals surface area contributed by atoms with Gasteiger partial charge in [-0.2, -0.15) is 16.7 Å². The maximum Gasteiger partial charge on any atom is 0.332 e. The van der Waals surface area contributed by atoms with Gasteiger partial charge in [-0.15, -0.1) is 0 Å². The first kappa shape index (κ1) is 15.8. The van der Waals surface area contributed by atoms with Crippen LogP contribution in [0.5, 0.6) is 0 Å². The van der Waals surface area contributed by atoms with E-state index in [1.165, 1.54) is 0 Å². The average molecular weight is 311 g/mol. The van der Waals surface area contributed by atoms with Gasteiger partial charge < -0.3 is 10.2 Å². The van der Waals surface area contributed by atoms with Crippen LogP contribution in [0.15, 0.2) is 0 Å². The zero-order valence-corrected chi connectivity index (χ0v) is 13.4. The molecular formula is C13H21N5O2S.